The van der Waals surface area contributed by atoms with Gasteiger partial charge in [0.05, 0.1) is 17.6 Å². The van der Waals surface area contributed by atoms with E-state index in [-0.39, 0.29) is 17.6 Å². The van der Waals surface area contributed by atoms with Crippen LogP contribution in [0.25, 0.3) is 0 Å². The third-order valence-electron chi connectivity index (χ3n) is 1.62. The lowest BCUT2D eigenvalue weighted by Gasteiger charge is -2.34. The number of alkyl halides is 6. The first kappa shape index (κ1) is 22.4. The van der Waals surface area contributed by atoms with E-state index in [9.17, 15) is 4.57 Å². The predicted octanol–water partition coefficient (Wildman–Crippen LogP) is 6.19. The van der Waals surface area contributed by atoms with Crippen molar-refractivity contribution in [3.63, 3.8) is 0 Å². The molecule has 0 bridgehead atoms. The second kappa shape index (κ2) is 8.50. The van der Waals surface area contributed by atoms with Crippen LogP contribution in [0.3, 0.4) is 0 Å². The average molecular weight is 564 g/mol. The first-order chi connectivity index (χ1) is 8.80. The van der Waals surface area contributed by atoms with E-state index < -0.39 is 21.4 Å². The molecule has 0 saturated heterocycles. The van der Waals surface area contributed by atoms with Crippen LogP contribution in [0, 0.1) is 0 Å². The molecule has 4 nitrogen and oxygen atoms in total. The van der Waals surface area contributed by atoms with Crippen LogP contribution in [0.5, 0.6) is 0 Å². The lowest BCUT2D eigenvalue weighted by molar-refractivity contribution is 0.0371. The normalized spacial score (nSPS) is 24.2. The maximum Gasteiger partial charge on any atom is 0.479 e. The summed E-state index contributed by atoms with van der Waals surface area (Å²) >= 11 is 26.8. The van der Waals surface area contributed by atoms with E-state index in [1.807, 2.05) is 0 Å². The quantitative estimate of drug-likeness (QED) is 0.248. The molecule has 0 aromatic rings. The third kappa shape index (κ3) is 8.90. The Bertz CT molecular complexity index is 316. The Morgan fingerprint density at radius 2 is 1.00 bits per heavy atom. The second-order valence-electron chi connectivity index (χ2n) is 4.43. The molecular weight excluding hydrogens is 549 g/mol. The highest BCUT2D eigenvalue weighted by Gasteiger charge is 2.45. The summed E-state index contributed by atoms with van der Waals surface area (Å²) in [5, 5.41) is 0. The Kier molecular flexibility index (Phi) is 9.53. The molecule has 0 rings (SSSR count). The highest BCUT2D eigenvalue weighted by atomic mass is 79.9. The summed E-state index contributed by atoms with van der Waals surface area (Å²) in [4.78, 5) is 0. The number of halogens is 6. The Hall–Kier alpha value is 2.42. The van der Waals surface area contributed by atoms with Gasteiger partial charge in [-0.2, -0.15) is 0 Å². The van der Waals surface area contributed by atoms with Gasteiger partial charge in [-0.1, -0.05) is 47.8 Å². The number of phosphoric acid groups is 1. The van der Waals surface area contributed by atoms with Gasteiger partial charge in [0.1, 0.15) is 13.5 Å². The topological polar surface area (TPSA) is 44.8 Å². The van der Waals surface area contributed by atoms with Crippen LogP contribution in [0.4, 0.5) is 0 Å². The third-order valence-corrected chi connectivity index (χ3v) is 8.08. The van der Waals surface area contributed by atoms with E-state index in [4.69, 9.17) is 48.4 Å². The molecular formula is C9H15Br3Cl3O4P. The van der Waals surface area contributed by atoms with Gasteiger partial charge in [-0.15, -0.1) is 34.8 Å². The van der Waals surface area contributed by atoms with Crippen molar-refractivity contribution in [1.29, 1.82) is 0 Å². The lowest BCUT2D eigenvalue weighted by atomic mass is 10.5. The minimum atomic E-state index is -4.03. The lowest BCUT2D eigenvalue weighted by Crippen LogP contribution is -2.31. The first-order valence-electron chi connectivity index (χ1n) is 5.27. The van der Waals surface area contributed by atoms with E-state index in [2.05, 4.69) is 47.8 Å². The van der Waals surface area contributed by atoms with Crippen LogP contribution in [-0.4, -0.2) is 31.2 Å². The minimum Gasteiger partial charge on any atom is -0.268 e. The SMILES string of the molecule is CC(Br)(CCl)OP(=O)(OC(C)(Br)CCl)OC(C)(Br)CCl. The number of hydrogen-bond acceptors (Lipinski definition) is 4. The molecule has 3 unspecified atom stereocenters. The Morgan fingerprint density at radius 3 is 1.15 bits per heavy atom. The standard InChI is InChI=1S/C9H15Br3Cl3O4P/c1-7(10,4-13)17-20(16,18-8(2,11)5-14)19-9(3,12)6-15/h4-6H2,1-3H3. The summed E-state index contributed by atoms with van der Waals surface area (Å²) in [6, 6.07) is 0. The highest BCUT2D eigenvalue weighted by molar-refractivity contribution is 9.10. The molecule has 0 spiro atoms. The van der Waals surface area contributed by atoms with Crippen molar-refractivity contribution < 1.29 is 18.1 Å². The van der Waals surface area contributed by atoms with Crippen LogP contribution in [-0.2, 0) is 18.1 Å². The highest BCUT2D eigenvalue weighted by Crippen LogP contribution is 2.60. The van der Waals surface area contributed by atoms with Crippen molar-refractivity contribution in [2.24, 2.45) is 0 Å². The van der Waals surface area contributed by atoms with Gasteiger partial charge in [0.15, 0.2) is 0 Å². The summed E-state index contributed by atoms with van der Waals surface area (Å²) in [6.45, 7) is 4.74. The van der Waals surface area contributed by atoms with Gasteiger partial charge < -0.3 is 0 Å². The molecule has 0 heterocycles. The maximum atomic E-state index is 12.8. The number of rotatable bonds is 9. The summed E-state index contributed by atoms with van der Waals surface area (Å²) in [5.41, 5.74) is 0. The molecule has 0 saturated carbocycles. The van der Waals surface area contributed by atoms with E-state index >= 15 is 0 Å². The molecule has 11 heteroatoms. The Balaban J connectivity index is 5.29. The largest absolute Gasteiger partial charge is 0.479 e. The smallest absolute Gasteiger partial charge is 0.268 e. The van der Waals surface area contributed by atoms with Crippen molar-refractivity contribution in [2.45, 2.75) is 34.3 Å². The zero-order valence-corrected chi connectivity index (χ0v) is 18.9. The zero-order chi connectivity index (χ0) is 16.2. The molecule has 0 aliphatic rings. The molecule has 0 aliphatic carbocycles. The Morgan fingerprint density at radius 1 is 0.800 bits per heavy atom. The fourth-order valence-electron chi connectivity index (χ4n) is 0.828. The van der Waals surface area contributed by atoms with Crippen molar-refractivity contribution in [1.82, 2.24) is 0 Å². The number of hydrogen-bond donors (Lipinski definition) is 0. The average Bonchev–Trinajstić information content (AvgIpc) is 2.26. The molecule has 3 atom stereocenters. The van der Waals surface area contributed by atoms with Gasteiger partial charge in [-0.25, -0.2) is 4.57 Å². The fourth-order valence-corrected chi connectivity index (χ4v) is 4.52. The van der Waals surface area contributed by atoms with Crippen LogP contribution < -0.4 is 0 Å². The molecule has 0 fully saturated rings. The second-order valence-corrected chi connectivity index (χ2v) is 11.7. The van der Waals surface area contributed by atoms with E-state index in [0.717, 1.165) is 0 Å². The molecule has 0 radical (unpaired) electrons. The molecule has 20 heavy (non-hydrogen) atoms. The molecule has 0 aromatic carbocycles. The summed E-state index contributed by atoms with van der Waals surface area (Å²) < 4.78 is 25.6. The van der Waals surface area contributed by atoms with Gasteiger partial charge in [-0.05, 0) is 20.8 Å². The molecule has 0 aliphatic heterocycles. The summed E-state index contributed by atoms with van der Waals surface area (Å²) in [5.74, 6) is 0.0520. The maximum absolute atomic E-state index is 12.8. The van der Waals surface area contributed by atoms with Crippen molar-refractivity contribution in [3.05, 3.63) is 0 Å². The summed E-state index contributed by atoms with van der Waals surface area (Å²) in [7, 11) is -4.03. The molecule has 122 valence electrons. The first-order valence-corrected chi connectivity index (χ1v) is 10.7. The van der Waals surface area contributed by atoms with Gasteiger partial charge in [0.25, 0.3) is 0 Å². The van der Waals surface area contributed by atoms with Crippen LogP contribution in [0.15, 0.2) is 0 Å². The van der Waals surface area contributed by atoms with Gasteiger partial charge in [0, 0.05) is 0 Å². The number of phosphoric ester groups is 1. The predicted molar refractivity (Wildman–Crippen MR) is 95.0 cm³/mol. The van der Waals surface area contributed by atoms with Crippen LogP contribution in [0.2, 0.25) is 0 Å². The van der Waals surface area contributed by atoms with Crippen LogP contribution >= 0.6 is 90.4 Å². The van der Waals surface area contributed by atoms with E-state index in [0.29, 0.717) is 0 Å². The van der Waals surface area contributed by atoms with Crippen molar-refractivity contribution in [2.75, 3.05) is 17.6 Å². The van der Waals surface area contributed by atoms with Gasteiger partial charge in [-0.3, -0.25) is 13.6 Å². The molecule has 0 amide bonds. The van der Waals surface area contributed by atoms with E-state index in [1.54, 1.807) is 20.8 Å². The van der Waals surface area contributed by atoms with E-state index in [1.165, 1.54) is 0 Å². The summed E-state index contributed by atoms with van der Waals surface area (Å²) in [6.07, 6.45) is 0. The van der Waals surface area contributed by atoms with Gasteiger partial charge >= 0.3 is 7.82 Å². The van der Waals surface area contributed by atoms with Crippen molar-refractivity contribution >= 4 is 90.4 Å². The molecule has 0 aromatic heterocycles. The monoisotopic (exact) mass is 560 g/mol. The van der Waals surface area contributed by atoms with Crippen molar-refractivity contribution in [3.8, 4) is 0 Å². The zero-order valence-electron chi connectivity index (χ0n) is 11.0. The molecule has 0 N–H and O–H groups in total. The van der Waals surface area contributed by atoms with Crippen LogP contribution in [0.1, 0.15) is 20.8 Å². The van der Waals surface area contributed by atoms with Gasteiger partial charge in [0.2, 0.25) is 0 Å². The Labute approximate surface area is 159 Å². The fraction of sp³-hybridized carbons (Fsp3) is 1.00. The minimum absolute atomic E-state index is 0.0173.